The van der Waals surface area contributed by atoms with Gasteiger partial charge in [0.25, 0.3) is 6.29 Å². The Kier molecular flexibility index (Phi) is 1.60. The lowest BCUT2D eigenvalue weighted by Crippen LogP contribution is -2.16. The van der Waals surface area contributed by atoms with Crippen molar-refractivity contribution in [2.45, 2.75) is 12.7 Å². The minimum atomic E-state index is -0.424. The van der Waals surface area contributed by atoms with E-state index in [-0.39, 0.29) is 6.42 Å². The van der Waals surface area contributed by atoms with E-state index in [2.05, 4.69) is 0 Å². The lowest BCUT2D eigenvalue weighted by atomic mass is 10.3. The van der Waals surface area contributed by atoms with E-state index >= 15 is 0 Å². The summed E-state index contributed by atoms with van der Waals surface area (Å²) in [6, 6.07) is 9.39. The van der Waals surface area contributed by atoms with Crippen molar-refractivity contribution in [3.05, 3.63) is 24.3 Å². The van der Waals surface area contributed by atoms with E-state index in [1.54, 1.807) is 0 Å². The van der Waals surface area contributed by atoms with E-state index in [1.165, 1.54) is 0 Å². The van der Waals surface area contributed by atoms with Gasteiger partial charge in [0.2, 0.25) is 0 Å². The van der Waals surface area contributed by atoms with Gasteiger partial charge in [-0.15, -0.1) is 0 Å². The maximum Gasteiger partial charge on any atom is 0.254 e. The highest BCUT2D eigenvalue weighted by Crippen LogP contribution is 2.34. The summed E-state index contributed by atoms with van der Waals surface area (Å²) in [5.74, 6) is 1.44. The molecule has 0 spiro atoms. The molecule has 0 atom stereocenters. The maximum absolute atomic E-state index is 8.40. The maximum atomic E-state index is 8.40. The third kappa shape index (κ3) is 1.08. The van der Waals surface area contributed by atoms with Crippen LogP contribution in [0.3, 0.4) is 0 Å². The highest BCUT2D eigenvalue weighted by atomic mass is 16.7. The molecule has 12 heavy (non-hydrogen) atoms. The third-order valence-electron chi connectivity index (χ3n) is 1.62. The highest BCUT2D eigenvalue weighted by molar-refractivity contribution is 5.41. The second-order valence-electron chi connectivity index (χ2n) is 2.47. The summed E-state index contributed by atoms with van der Waals surface area (Å²) < 4.78 is 10.6. The number of rotatable bonds is 1. The molecule has 0 N–H and O–H groups in total. The number of hydrogen-bond donors (Lipinski definition) is 0. The van der Waals surface area contributed by atoms with Gasteiger partial charge in [0.05, 0.1) is 6.07 Å². The van der Waals surface area contributed by atoms with Crippen molar-refractivity contribution in [2.24, 2.45) is 0 Å². The first-order chi connectivity index (χ1) is 5.90. The Bertz CT molecular complexity index is 305. The summed E-state index contributed by atoms with van der Waals surface area (Å²) >= 11 is 0. The molecule has 1 aromatic carbocycles. The molecular formula is C9H7NO2. The Morgan fingerprint density at radius 2 is 1.83 bits per heavy atom. The van der Waals surface area contributed by atoms with Crippen LogP contribution < -0.4 is 9.47 Å². The van der Waals surface area contributed by atoms with Crippen LogP contribution in [-0.2, 0) is 0 Å². The van der Waals surface area contributed by atoms with Gasteiger partial charge in [-0.25, -0.2) is 0 Å². The minimum Gasteiger partial charge on any atom is -0.450 e. The molecule has 1 aromatic rings. The summed E-state index contributed by atoms with van der Waals surface area (Å²) in [6.07, 6.45) is -0.165. The zero-order valence-electron chi connectivity index (χ0n) is 6.36. The van der Waals surface area contributed by atoms with Gasteiger partial charge in [-0.3, -0.25) is 0 Å². The monoisotopic (exact) mass is 161 g/mol. The van der Waals surface area contributed by atoms with Crippen molar-refractivity contribution >= 4 is 0 Å². The molecule has 0 fully saturated rings. The Morgan fingerprint density at radius 3 is 2.33 bits per heavy atom. The summed E-state index contributed by atoms with van der Waals surface area (Å²) in [5, 5.41) is 8.40. The SMILES string of the molecule is N#CCC1Oc2ccccc2O1. The second kappa shape index (κ2) is 2.74. The summed E-state index contributed by atoms with van der Waals surface area (Å²) in [5.41, 5.74) is 0. The highest BCUT2D eigenvalue weighted by Gasteiger charge is 2.22. The van der Waals surface area contributed by atoms with Gasteiger partial charge in [-0.1, -0.05) is 12.1 Å². The van der Waals surface area contributed by atoms with E-state index < -0.39 is 6.29 Å². The average Bonchev–Trinajstić information content (AvgIpc) is 2.47. The van der Waals surface area contributed by atoms with Crippen LogP contribution in [0.15, 0.2) is 24.3 Å². The molecule has 2 rings (SSSR count). The summed E-state index contributed by atoms with van der Waals surface area (Å²) in [6.45, 7) is 0. The van der Waals surface area contributed by atoms with Gasteiger partial charge in [0.15, 0.2) is 11.5 Å². The lowest BCUT2D eigenvalue weighted by Gasteiger charge is -2.03. The van der Waals surface area contributed by atoms with Crippen LogP contribution in [0.4, 0.5) is 0 Å². The predicted octanol–water partition coefficient (Wildman–Crippen LogP) is 1.70. The molecule has 0 saturated heterocycles. The van der Waals surface area contributed by atoms with Crippen molar-refractivity contribution in [1.82, 2.24) is 0 Å². The molecular weight excluding hydrogens is 154 g/mol. The van der Waals surface area contributed by atoms with Crippen molar-refractivity contribution in [3.8, 4) is 17.6 Å². The third-order valence-corrected chi connectivity index (χ3v) is 1.62. The quantitative estimate of drug-likeness (QED) is 0.629. The smallest absolute Gasteiger partial charge is 0.254 e. The van der Waals surface area contributed by atoms with Crippen LogP contribution in [0.25, 0.3) is 0 Å². The van der Waals surface area contributed by atoms with Gasteiger partial charge >= 0.3 is 0 Å². The van der Waals surface area contributed by atoms with Crippen molar-refractivity contribution in [1.29, 1.82) is 5.26 Å². The van der Waals surface area contributed by atoms with Gasteiger partial charge in [0.1, 0.15) is 6.42 Å². The largest absolute Gasteiger partial charge is 0.450 e. The van der Waals surface area contributed by atoms with Crippen molar-refractivity contribution in [3.63, 3.8) is 0 Å². The molecule has 1 aliphatic heterocycles. The van der Waals surface area contributed by atoms with Crippen LogP contribution in [0, 0.1) is 11.3 Å². The number of nitriles is 1. The summed E-state index contributed by atoms with van der Waals surface area (Å²) in [4.78, 5) is 0. The van der Waals surface area contributed by atoms with Gasteiger partial charge in [-0.05, 0) is 12.1 Å². The van der Waals surface area contributed by atoms with Gasteiger partial charge in [-0.2, -0.15) is 5.26 Å². The van der Waals surface area contributed by atoms with E-state index in [0.29, 0.717) is 0 Å². The first-order valence-corrected chi connectivity index (χ1v) is 3.69. The van der Waals surface area contributed by atoms with Crippen molar-refractivity contribution < 1.29 is 9.47 Å². The van der Waals surface area contributed by atoms with Crippen LogP contribution in [-0.4, -0.2) is 6.29 Å². The number of hydrogen-bond acceptors (Lipinski definition) is 3. The Labute approximate surface area is 70.1 Å². The first-order valence-electron chi connectivity index (χ1n) is 3.69. The predicted molar refractivity (Wildman–Crippen MR) is 41.7 cm³/mol. The zero-order chi connectivity index (χ0) is 8.39. The topological polar surface area (TPSA) is 42.2 Å². The average molecular weight is 161 g/mol. The molecule has 1 aliphatic rings. The molecule has 0 aromatic heterocycles. The Hall–Kier alpha value is -1.69. The fraction of sp³-hybridized carbons (Fsp3) is 0.222. The molecule has 0 amide bonds. The number of benzene rings is 1. The van der Waals surface area contributed by atoms with E-state index in [9.17, 15) is 0 Å². The molecule has 0 bridgehead atoms. The van der Waals surface area contributed by atoms with E-state index in [4.69, 9.17) is 14.7 Å². The Morgan fingerprint density at radius 1 is 1.25 bits per heavy atom. The molecule has 0 radical (unpaired) electrons. The van der Waals surface area contributed by atoms with Gasteiger partial charge in [0, 0.05) is 0 Å². The molecule has 0 aliphatic carbocycles. The van der Waals surface area contributed by atoms with E-state index in [0.717, 1.165) is 11.5 Å². The standard InChI is InChI=1S/C9H7NO2/c10-6-5-9-11-7-3-1-2-4-8(7)12-9/h1-4,9H,5H2. The van der Waals surface area contributed by atoms with Crippen LogP contribution in [0.2, 0.25) is 0 Å². The fourth-order valence-electron chi connectivity index (χ4n) is 1.11. The zero-order valence-corrected chi connectivity index (χ0v) is 6.36. The Balaban J connectivity index is 2.18. The minimum absolute atomic E-state index is 0.259. The number of fused-ring (bicyclic) bond motifs is 1. The number of ether oxygens (including phenoxy) is 2. The molecule has 3 heteroatoms. The van der Waals surface area contributed by atoms with Crippen LogP contribution in [0.1, 0.15) is 6.42 Å². The van der Waals surface area contributed by atoms with Crippen LogP contribution in [0.5, 0.6) is 11.5 Å². The van der Waals surface area contributed by atoms with Gasteiger partial charge < -0.3 is 9.47 Å². The van der Waals surface area contributed by atoms with Crippen LogP contribution >= 0.6 is 0 Å². The first kappa shape index (κ1) is 6.99. The molecule has 3 nitrogen and oxygen atoms in total. The molecule has 0 unspecified atom stereocenters. The molecule has 0 saturated carbocycles. The second-order valence-corrected chi connectivity index (χ2v) is 2.47. The van der Waals surface area contributed by atoms with E-state index in [1.807, 2.05) is 30.3 Å². The van der Waals surface area contributed by atoms with Crippen molar-refractivity contribution in [2.75, 3.05) is 0 Å². The molecule has 60 valence electrons. The number of para-hydroxylation sites is 2. The molecule has 1 heterocycles. The lowest BCUT2D eigenvalue weighted by molar-refractivity contribution is 0.0543. The fourth-order valence-corrected chi connectivity index (χ4v) is 1.11. The number of nitrogens with zero attached hydrogens (tertiary/aromatic N) is 1. The summed E-state index contributed by atoms with van der Waals surface area (Å²) in [7, 11) is 0. The normalized spacial score (nSPS) is 14.2.